The van der Waals surface area contributed by atoms with E-state index in [2.05, 4.69) is 17.2 Å². The number of nitrogens with zero attached hydrogens (tertiary/aromatic N) is 1. The van der Waals surface area contributed by atoms with Crippen LogP contribution in [0.15, 0.2) is 35.3 Å². The molecule has 1 atom stereocenters. The molecule has 0 aliphatic carbocycles. The van der Waals surface area contributed by atoms with Crippen molar-refractivity contribution in [1.29, 1.82) is 0 Å². The molecule has 0 bridgehead atoms. The van der Waals surface area contributed by atoms with Gasteiger partial charge in [0.1, 0.15) is 12.5 Å². The maximum atomic E-state index is 12.2. The second kappa shape index (κ2) is 7.14. The van der Waals surface area contributed by atoms with Crippen LogP contribution in [0.4, 0.5) is 0 Å². The smallest absolute Gasteiger partial charge is 0.316 e. The van der Waals surface area contributed by atoms with Crippen LogP contribution in [0.5, 0.6) is 0 Å². The molecule has 1 aliphatic heterocycles. The van der Waals surface area contributed by atoms with Crippen LogP contribution in [0.25, 0.3) is 0 Å². The molecule has 5 heteroatoms. The predicted molar refractivity (Wildman–Crippen MR) is 82.7 cm³/mol. The number of aliphatic imine (C=N–C) groups is 1. The third kappa shape index (κ3) is 3.87. The molecule has 1 unspecified atom stereocenters. The first-order chi connectivity index (χ1) is 9.70. The standard InChI is InChI=1S/C15H18N2O2S/c1-2-6-13-12(9-16-15(20)17-13)14(18)19-10-11-7-4-3-5-8-11/h3-5,7-8,12H,2,6,9-10H2,1H3,(H,16,20). The van der Waals surface area contributed by atoms with Gasteiger partial charge in [-0.3, -0.25) is 4.79 Å². The minimum Gasteiger partial charge on any atom is -0.460 e. The average Bonchev–Trinajstić information content (AvgIpc) is 2.46. The van der Waals surface area contributed by atoms with Crippen molar-refractivity contribution in [3.05, 3.63) is 35.9 Å². The number of benzene rings is 1. The lowest BCUT2D eigenvalue weighted by Crippen LogP contribution is -2.42. The van der Waals surface area contributed by atoms with Gasteiger partial charge in [0.15, 0.2) is 5.11 Å². The number of esters is 1. The van der Waals surface area contributed by atoms with Crippen LogP contribution < -0.4 is 5.32 Å². The minimum absolute atomic E-state index is 0.240. The predicted octanol–water partition coefficient (Wildman–Crippen LogP) is 2.48. The maximum absolute atomic E-state index is 12.2. The Morgan fingerprint density at radius 3 is 2.90 bits per heavy atom. The summed E-state index contributed by atoms with van der Waals surface area (Å²) in [6, 6.07) is 9.65. The number of hydrogen-bond acceptors (Lipinski definition) is 3. The van der Waals surface area contributed by atoms with Crippen LogP contribution in [0.2, 0.25) is 0 Å². The first-order valence-corrected chi connectivity index (χ1v) is 7.17. The first-order valence-electron chi connectivity index (χ1n) is 6.76. The van der Waals surface area contributed by atoms with Crippen LogP contribution in [0.1, 0.15) is 25.3 Å². The van der Waals surface area contributed by atoms with Crippen molar-refractivity contribution in [2.75, 3.05) is 6.54 Å². The number of carbonyl (C=O) groups excluding carboxylic acids is 1. The van der Waals surface area contributed by atoms with Crippen molar-refractivity contribution in [1.82, 2.24) is 5.32 Å². The topological polar surface area (TPSA) is 50.7 Å². The van der Waals surface area contributed by atoms with Gasteiger partial charge >= 0.3 is 5.97 Å². The van der Waals surface area contributed by atoms with E-state index in [1.54, 1.807) is 0 Å². The fraction of sp³-hybridized carbons (Fsp3) is 0.400. The summed E-state index contributed by atoms with van der Waals surface area (Å²) >= 11 is 5.03. The monoisotopic (exact) mass is 290 g/mol. The van der Waals surface area contributed by atoms with E-state index in [4.69, 9.17) is 17.0 Å². The zero-order valence-corrected chi connectivity index (χ0v) is 12.3. The number of nitrogens with one attached hydrogen (secondary N) is 1. The van der Waals surface area contributed by atoms with E-state index in [0.29, 0.717) is 18.3 Å². The van der Waals surface area contributed by atoms with Crippen molar-refractivity contribution < 1.29 is 9.53 Å². The molecule has 0 aromatic heterocycles. The van der Waals surface area contributed by atoms with Crippen LogP contribution in [-0.4, -0.2) is 23.3 Å². The van der Waals surface area contributed by atoms with E-state index in [-0.39, 0.29) is 11.9 Å². The summed E-state index contributed by atoms with van der Waals surface area (Å²) in [5.74, 6) is -0.568. The van der Waals surface area contributed by atoms with Crippen molar-refractivity contribution in [3.8, 4) is 0 Å². The highest BCUT2D eigenvalue weighted by Gasteiger charge is 2.28. The second-order valence-electron chi connectivity index (χ2n) is 4.69. The van der Waals surface area contributed by atoms with Gasteiger partial charge in [0.25, 0.3) is 0 Å². The summed E-state index contributed by atoms with van der Waals surface area (Å²) in [6.45, 7) is 2.82. The normalized spacial score (nSPS) is 18.1. The molecule has 0 spiro atoms. The SMILES string of the molecule is CCCC1=NC(=S)NCC1C(=O)OCc1ccccc1. The third-order valence-electron chi connectivity index (χ3n) is 3.12. The highest BCUT2D eigenvalue weighted by molar-refractivity contribution is 7.80. The quantitative estimate of drug-likeness (QED) is 0.668. The summed E-state index contributed by atoms with van der Waals surface area (Å²) in [5.41, 5.74) is 1.81. The van der Waals surface area contributed by atoms with Crippen molar-refractivity contribution in [2.45, 2.75) is 26.4 Å². The molecule has 0 radical (unpaired) electrons. The molecule has 0 amide bonds. The molecule has 1 aromatic rings. The van der Waals surface area contributed by atoms with Crippen LogP contribution in [0.3, 0.4) is 0 Å². The summed E-state index contributed by atoms with van der Waals surface area (Å²) < 4.78 is 5.38. The molecule has 1 aromatic carbocycles. The highest BCUT2D eigenvalue weighted by atomic mass is 32.1. The Balaban J connectivity index is 1.97. The number of rotatable bonds is 5. The fourth-order valence-corrected chi connectivity index (χ4v) is 2.29. The van der Waals surface area contributed by atoms with E-state index in [0.717, 1.165) is 24.1 Å². The van der Waals surface area contributed by atoms with E-state index in [1.807, 2.05) is 30.3 Å². The Morgan fingerprint density at radius 2 is 2.20 bits per heavy atom. The zero-order chi connectivity index (χ0) is 14.4. The lowest BCUT2D eigenvalue weighted by molar-refractivity contribution is -0.147. The molecule has 0 saturated heterocycles. The number of carbonyl (C=O) groups is 1. The molecular weight excluding hydrogens is 272 g/mol. The zero-order valence-electron chi connectivity index (χ0n) is 11.5. The lowest BCUT2D eigenvalue weighted by Gasteiger charge is -2.23. The Labute approximate surface area is 124 Å². The minimum atomic E-state index is -0.328. The summed E-state index contributed by atoms with van der Waals surface area (Å²) in [4.78, 5) is 16.4. The van der Waals surface area contributed by atoms with Crippen molar-refractivity contribution >= 4 is 29.0 Å². The first kappa shape index (κ1) is 14.7. The lowest BCUT2D eigenvalue weighted by atomic mass is 9.98. The van der Waals surface area contributed by atoms with Gasteiger partial charge in [-0.05, 0) is 24.2 Å². The molecule has 2 rings (SSSR count). The van der Waals surface area contributed by atoms with Crippen LogP contribution in [0, 0.1) is 5.92 Å². The summed E-state index contributed by atoms with van der Waals surface area (Å²) in [5, 5.41) is 3.40. The average molecular weight is 290 g/mol. The van der Waals surface area contributed by atoms with Crippen LogP contribution in [-0.2, 0) is 16.1 Å². The van der Waals surface area contributed by atoms with Gasteiger partial charge in [-0.25, -0.2) is 4.99 Å². The van der Waals surface area contributed by atoms with Gasteiger partial charge in [0.05, 0.1) is 0 Å². The van der Waals surface area contributed by atoms with Crippen molar-refractivity contribution in [2.24, 2.45) is 10.9 Å². The molecule has 1 N–H and O–H groups in total. The molecule has 20 heavy (non-hydrogen) atoms. The fourth-order valence-electron chi connectivity index (χ4n) is 2.09. The Morgan fingerprint density at radius 1 is 1.45 bits per heavy atom. The van der Waals surface area contributed by atoms with Gasteiger partial charge < -0.3 is 10.1 Å². The number of ether oxygens (including phenoxy) is 1. The molecule has 0 saturated carbocycles. The second-order valence-corrected chi connectivity index (χ2v) is 5.07. The highest BCUT2D eigenvalue weighted by Crippen LogP contribution is 2.13. The van der Waals surface area contributed by atoms with Gasteiger partial charge in [-0.1, -0.05) is 43.7 Å². The Kier molecular flexibility index (Phi) is 5.24. The van der Waals surface area contributed by atoms with E-state index in [1.165, 1.54) is 0 Å². The summed E-state index contributed by atoms with van der Waals surface area (Å²) in [7, 11) is 0. The van der Waals surface area contributed by atoms with E-state index < -0.39 is 0 Å². The van der Waals surface area contributed by atoms with E-state index in [9.17, 15) is 4.79 Å². The Bertz CT molecular complexity index is 514. The van der Waals surface area contributed by atoms with Gasteiger partial charge in [0, 0.05) is 12.3 Å². The molecule has 0 fully saturated rings. The van der Waals surface area contributed by atoms with Gasteiger partial charge in [-0.15, -0.1) is 0 Å². The number of hydrogen-bond donors (Lipinski definition) is 1. The Hall–Kier alpha value is -1.75. The summed E-state index contributed by atoms with van der Waals surface area (Å²) in [6.07, 6.45) is 1.71. The molecule has 106 valence electrons. The maximum Gasteiger partial charge on any atom is 0.316 e. The molecule has 1 aliphatic rings. The van der Waals surface area contributed by atoms with E-state index >= 15 is 0 Å². The molecular formula is C15H18N2O2S. The largest absolute Gasteiger partial charge is 0.460 e. The molecule has 1 heterocycles. The third-order valence-corrected chi connectivity index (χ3v) is 3.36. The van der Waals surface area contributed by atoms with Gasteiger partial charge in [0.2, 0.25) is 0 Å². The van der Waals surface area contributed by atoms with Crippen LogP contribution >= 0.6 is 12.2 Å². The van der Waals surface area contributed by atoms with Crippen molar-refractivity contribution in [3.63, 3.8) is 0 Å². The van der Waals surface area contributed by atoms with Gasteiger partial charge in [-0.2, -0.15) is 0 Å². The number of thiocarbonyl (C=S) groups is 1. The molecule has 4 nitrogen and oxygen atoms in total.